The molecule has 25 heavy (non-hydrogen) atoms. The van der Waals surface area contributed by atoms with Gasteiger partial charge in [-0.3, -0.25) is 14.9 Å². The fourth-order valence-corrected chi connectivity index (χ4v) is 1.95. The van der Waals surface area contributed by atoms with E-state index in [1.807, 2.05) is 12.1 Å². The van der Waals surface area contributed by atoms with Gasteiger partial charge in [0.2, 0.25) is 0 Å². The van der Waals surface area contributed by atoms with E-state index in [0.29, 0.717) is 5.71 Å². The van der Waals surface area contributed by atoms with Crippen LogP contribution in [0.3, 0.4) is 0 Å². The number of para-hydroxylation sites is 2. The summed E-state index contributed by atoms with van der Waals surface area (Å²) in [7, 11) is 1.58. The molecule has 0 bridgehead atoms. The highest BCUT2D eigenvalue weighted by Crippen LogP contribution is 2.25. The van der Waals surface area contributed by atoms with E-state index in [0.717, 1.165) is 11.3 Å². The number of carbonyl (C=O) groups is 1. The van der Waals surface area contributed by atoms with Crippen LogP contribution in [0.2, 0.25) is 0 Å². The number of hydrazone groups is 1. The van der Waals surface area contributed by atoms with Crippen LogP contribution in [0.25, 0.3) is 0 Å². The summed E-state index contributed by atoms with van der Waals surface area (Å²) in [6.07, 6.45) is 0. The molecule has 8 nitrogen and oxygen atoms in total. The number of methoxy groups -OCH3 is 1. The Kier molecular flexibility index (Phi) is 6.05. The van der Waals surface area contributed by atoms with Crippen molar-refractivity contribution in [3.8, 4) is 11.5 Å². The molecule has 0 atom stereocenters. The standard InChI is InChI=1S/C17H17N3O5/c1-12(13-7-9-14(24-2)10-8-13)18-19-17(21)11-25-16-6-4-3-5-15(16)20(22)23/h3-10H,11H2,1-2H3,(H,19,21). The van der Waals surface area contributed by atoms with Crippen LogP contribution in [0.15, 0.2) is 53.6 Å². The molecular formula is C17H17N3O5. The number of ether oxygens (including phenoxy) is 2. The van der Waals surface area contributed by atoms with Gasteiger partial charge in [0.25, 0.3) is 5.91 Å². The summed E-state index contributed by atoms with van der Waals surface area (Å²) in [6, 6.07) is 13.0. The lowest BCUT2D eigenvalue weighted by Crippen LogP contribution is -2.25. The van der Waals surface area contributed by atoms with Crippen molar-refractivity contribution >= 4 is 17.3 Å². The SMILES string of the molecule is COc1ccc(C(C)=NNC(=O)COc2ccccc2[N+](=O)[O-])cc1. The molecule has 0 unspecified atom stereocenters. The van der Waals surface area contributed by atoms with Crippen LogP contribution < -0.4 is 14.9 Å². The average molecular weight is 343 g/mol. The zero-order chi connectivity index (χ0) is 18.2. The fraction of sp³-hybridized carbons (Fsp3) is 0.176. The van der Waals surface area contributed by atoms with E-state index < -0.39 is 10.8 Å². The molecule has 130 valence electrons. The molecule has 0 radical (unpaired) electrons. The maximum Gasteiger partial charge on any atom is 0.310 e. The number of nitro benzene ring substituents is 1. The Balaban J connectivity index is 1.92. The molecular weight excluding hydrogens is 326 g/mol. The number of hydrogen-bond donors (Lipinski definition) is 1. The van der Waals surface area contributed by atoms with Crippen LogP contribution in [-0.2, 0) is 4.79 Å². The van der Waals surface area contributed by atoms with Gasteiger partial charge in [-0.05, 0) is 42.8 Å². The van der Waals surface area contributed by atoms with Crippen LogP contribution in [0.4, 0.5) is 5.69 Å². The van der Waals surface area contributed by atoms with Crippen LogP contribution in [0.5, 0.6) is 11.5 Å². The van der Waals surface area contributed by atoms with E-state index in [4.69, 9.17) is 9.47 Å². The van der Waals surface area contributed by atoms with E-state index in [9.17, 15) is 14.9 Å². The molecule has 0 spiro atoms. The van der Waals surface area contributed by atoms with Crippen molar-refractivity contribution < 1.29 is 19.2 Å². The van der Waals surface area contributed by atoms with E-state index >= 15 is 0 Å². The molecule has 0 saturated carbocycles. The summed E-state index contributed by atoms with van der Waals surface area (Å²) in [5.41, 5.74) is 3.57. The van der Waals surface area contributed by atoms with Gasteiger partial charge in [0.05, 0.1) is 17.7 Å². The van der Waals surface area contributed by atoms with Crippen molar-refractivity contribution in [1.29, 1.82) is 0 Å². The second-order valence-electron chi connectivity index (χ2n) is 4.97. The highest BCUT2D eigenvalue weighted by Gasteiger charge is 2.14. The van der Waals surface area contributed by atoms with Crippen LogP contribution in [-0.4, -0.2) is 30.3 Å². The molecule has 8 heteroatoms. The van der Waals surface area contributed by atoms with Crippen molar-refractivity contribution in [2.24, 2.45) is 5.10 Å². The minimum Gasteiger partial charge on any atom is -0.497 e. The maximum atomic E-state index is 11.8. The number of carbonyl (C=O) groups excluding carboxylic acids is 1. The van der Waals surface area contributed by atoms with E-state index in [1.165, 1.54) is 18.2 Å². The van der Waals surface area contributed by atoms with Gasteiger partial charge < -0.3 is 9.47 Å². The molecule has 0 aromatic heterocycles. The minimum absolute atomic E-state index is 0.0264. The van der Waals surface area contributed by atoms with E-state index in [2.05, 4.69) is 10.5 Å². The molecule has 2 rings (SSSR count). The monoisotopic (exact) mass is 343 g/mol. The first-order valence-corrected chi connectivity index (χ1v) is 7.35. The first-order valence-electron chi connectivity index (χ1n) is 7.35. The Labute approximate surface area is 144 Å². The van der Waals surface area contributed by atoms with Gasteiger partial charge in [0.15, 0.2) is 12.4 Å². The molecule has 0 aliphatic carbocycles. The number of hydrogen-bond acceptors (Lipinski definition) is 6. The Morgan fingerprint density at radius 3 is 2.52 bits per heavy atom. The lowest BCUT2D eigenvalue weighted by molar-refractivity contribution is -0.385. The van der Waals surface area contributed by atoms with Crippen LogP contribution >= 0.6 is 0 Å². The second-order valence-corrected chi connectivity index (χ2v) is 4.97. The topological polar surface area (TPSA) is 103 Å². The molecule has 1 N–H and O–H groups in total. The number of amides is 1. The number of nitrogens with zero attached hydrogens (tertiary/aromatic N) is 2. The molecule has 2 aromatic rings. The third kappa shape index (κ3) is 5.03. The smallest absolute Gasteiger partial charge is 0.310 e. The fourth-order valence-electron chi connectivity index (χ4n) is 1.95. The number of rotatable bonds is 7. The zero-order valence-electron chi connectivity index (χ0n) is 13.8. The number of nitro groups is 1. The highest BCUT2D eigenvalue weighted by atomic mass is 16.6. The van der Waals surface area contributed by atoms with Crippen molar-refractivity contribution in [2.45, 2.75) is 6.92 Å². The summed E-state index contributed by atoms with van der Waals surface area (Å²) in [4.78, 5) is 22.1. The maximum absolute atomic E-state index is 11.8. The molecule has 0 saturated heterocycles. The van der Waals surface area contributed by atoms with Gasteiger partial charge in [-0.2, -0.15) is 5.10 Å². The zero-order valence-corrected chi connectivity index (χ0v) is 13.8. The quantitative estimate of drug-likeness (QED) is 0.473. The van der Waals surface area contributed by atoms with Gasteiger partial charge in [-0.15, -0.1) is 0 Å². The normalized spacial score (nSPS) is 10.9. The predicted molar refractivity (Wildman–Crippen MR) is 91.9 cm³/mol. The molecule has 0 heterocycles. The summed E-state index contributed by atoms with van der Waals surface area (Å²) in [5, 5.41) is 14.9. The van der Waals surface area contributed by atoms with Gasteiger partial charge in [-0.1, -0.05) is 12.1 Å². The van der Waals surface area contributed by atoms with Crippen LogP contribution in [0, 0.1) is 10.1 Å². The van der Waals surface area contributed by atoms with Crippen molar-refractivity contribution in [3.05, 3.63) is 64.2 Å². The van der Waals surface area contributed by atoms with Gasteiger partial charge in [0.1, 0.15) is 5.75 Å². The Bertz CT molecular complexity index is 787. The summed E-state index contributed by atoms with van der Waals surface area (Å²) in [6.45, 7) is 1.36. The van der Waals surface area contributed by atoms with E-state index in [-0.39, 0.29) is 18.0 Å². The van der Waals surface area contributed by atoms with Gasteiger partial charge in [0, 0.05) is 6.07 Å². The molecule has 0 aliphatic rings. The largest absolute Gasteiger partial charge is 0.497 e. The first-order chi connectivity index (χ1) is 12.0. The summed E-state index contributed by atoms with van der Waals surface area (Å²) >= 11 is 0. The summed E-state index contributed by atoms with van der Waals surface area (Å²) in [5.74, 6) is 0.225. The Morgan fingerprint density at radius 1 is 1.20 bits per heavy atom. The molecule has 0 aliphatic heterocycles. The van der Waals surface area contributed by atoms with Crippen molar-refractivity contribution in [2.75, 3.05) is 13.7 Å². The number of nitrogens with one attached hydrogen (secondary N) is 1. The average Bonchev–Trinajstić information content (AvgIpc) is 2.64. The Morgan fingerprint density at radius 2 is 1.88 bits per heavy atom. The lowest BCUT2D eigenvalue weighted by Gasteiger charge is -2.06. The summed E-state index contributed by atoms with van der Waals surface area (Å²) < 4.78 is 10.3. The highest BCUT2D eigenvalue weighted by molar-refractivity contribution is 5.99. The first kappa shape index (κ1) is 17.9. The molecule has 2 aromatic carbocycles. The van der Waals surface area contributed by atoms with Crippen molar-refractivity contribution in [3.63, 3.8) is 0 Å². The van der Waals surface area contributed by atoms with Gasteiger partial charge >= 0.3 is 5.69 Å². The second kappa shape index (κ2) is 8.44. The van der Waals surface area contributed by atoms with Crippen LogP contribution in [0.1, 0.15) is 12.5 Å². The minimum atomic E-state index is -0.570. The third-order valence-electron chi connectivity index (χ3n) is 3.28. The Hall–Kier alpha value is -3.42. The van der Waals surface area contributed by atoms with Gasteiger partial charge in [-0.25, -0.2) is 5.43 Å². The lowest BCUT2D eigenvalue weighted by atomic mass is 10.1. The molecule has 0 fully saturated rings. The van der Waals surface area contributed by atoms with E-state index in [1.54, 1.807) is 32.2 Å². The number of benzene rings is 2. The predicted octanol–water partition coefficient (Wildman–Crippen LogP) is 2.52. The third-order valence-corrected chi connectivity index (χ3v) is 3.28. The van der Waals surface area contributed by atoms with Crippen molar-refractivity contribution in [1.82, 2.24) is 5.43 Å². The molecule has 1 amide bonds.